The SMILES string of the molecule is FC(F)(F)[P+](F)(C(F)(F)F)C(F)(F)F. The van der Waals surface area contributed by atoms with Crippen molar-refractivity contribution >= 4 is 7.57 Å². The summed E-state index contributed by atoms with van der Waals surface area (Å²) in [4.78, 5) is 0. The van der Waals surface area contributed by atoms with E-state index in [-0.39, 0.29) is 0 Å². The summed E-state index contributed by atoms with van der Waals surface area (Å²) in [6.45, 7) is 0. The molecule has 0 unspecified atom stereocenters. The fourth-order valence-corrected chi connectivity index (χ4v) is 1.29. The van der Waals surface area contributed by atoms with Crippen molar-refractivity contribution in [1.82, 2.24) is 0 Å². The van der Waals surface area contributed by atoms with Crippen LogP contribution >= 0.6 is 7.57 Å². The van der Waals surface area contributed by atoms with E-state index < -0.39 is 25.3 Å². The van der Waals surface area contributed by atoms with Crippen LogP contribution in [0.25, 0.3) is 0 Å². The van der Waals surface area contributed by atoms with Gasteiger partial charge in [-0.3, -0.25) is 0 Å². The summed E-state index contributed by atoms with van der Waals surface area (Å²) in [6, 6.07) is 0. The van der Waals surface area contributed by atoms with Crippen molar-refractivity contribution in [2.75, 3.05) is 0 Å². The first-order valence-electron chi connectivity index (χ1n) is 2.54. The highest BCUT2D eigenvalue weighted by Gasteiger charge is 2.97. The molecule has 11 heteroatoms. The monoisotopic (exact) mass is 257 g/mol. The highest BCUT2D eigenvalue weighted by atomic mass is 31.2. The number of alkyl halides is 9. The first kappa shape index (κ1) is 13.7. The van der Waals surface area contributed by atoms with E-state index in [0.717, 1.165) is 0 Å². The zero-order valence-electron chi connectivity index (χ0n) is 5.73. The fraction of sp³-hybridized carbons (Fsp3) is 1.00. The van der Waals surface area contributed by atoms with Crippen LogP contribution in [-0.4, -0.2) is 17.8 Å². The highest BCUT2D eigenvalue weighted by molar-refractivity contribution is 7.73. The summed E-state index contributed by atoms with van der Waals surface area (Å²) < 4.78 is 114. The van der Waals surface area contributed by atoms with E-state index in [4.69, 9.17) is 0 Å². The summed E-state index contributed by atoms with van der Waals surface area (Å²) in [5, 5.41) is 0. The summed E-state index contributed by atoms with van der Waals surface area (Å²) in [5.74, 6) is -20.9. The zero-order chi connectivity index (χ0) is 12.0. The van der Waals surface area contributed by atoms with Gasteiger partial charge in [-0.2, -0.15) is 0 Å². The van der Waals surface area contributed by atoms with Crippen molar-refractivity contribution in [2.45, 2.75) is 17.8 Å². The maximum atomic E-state index is 12.0. The Morgan fingerprint density at radius 1 is 0.500 bits per heavy atom. The molecule has 0 nitrogen and oxygen atoms in total. The van der Waals surface area contributed by atoms with Crippen LogP contribution in [0.2, 0.25) is 0 Å². The molecule has 0 fully saturated rings. The van der Waals surface area contributed by atoms with E-state index in [1.165, 1.54) is 0 Å². The summed E-state index contributed by atoms with van der Waals surface area (Å²) in [6.07, 6.45) is 0. The van der Waals surface area contributed by atoms with Crippen LogP contribution in [0.3, 0.4) is 0 Å². The number of rotatable bonds is 0. The summed E-state index contributed by atoms with van der Waals surface area (Å²) >= 11 is 0. The highest BCUT2D eigenvalue weighted by Crippen LogP contribution is 2.88. The lowest BCUT2D eigenvalue weighted by molar-refractivity contribution is -0.141. The molecule has 0 amide bonds. The molecule has 0 aliphatic rings. The second kappa shape index (κ2) is 3.11. The second-order valence-electron chi connectivity index (χ2n) is 1.99. The standard InChI is InChI=1S/C3F10P/c4-1(5,6)14(13,2(7,8)9)3(10,11)12/q+1. The molecule has 0 spiro atoms. The quantitative estimate of drug-likeness (QED) is 0.444. The molecule has 0 saturated carbocycles. The van der Waals surface area contributed by atoms with E-state index in [0.29, 0.717) is 0 Å². The summed E-state index contributed by atoms with van der Waals surface area (Å²) in [7, 11) is -8.52. The van der Waals surface area contributed by atoms with Gasteiger partial charge in [-0.05, 0) is 4.20 Å². The Kier molecular flexibility index (Phi) is 3.05. The Labute approximate surface area is 70.3 Å². The predicted octanol–water partition coefficient (Wildman–Crippen LogP) is 4.45. The molecule has 0 aromatic rings. The summed E-state index contributed by atoms with van der Waals surface area (Å²) in [5.41, 5.74) is 0. The number of hydrogen-bond acceptors (Lipinski definition) is 0. The average molecular weight is 257 g/mol. The van der Waals surface area contributed by atoms with Gasteiger partial charge < -0.3 is 0 Å². The maximum Gasteiger partial charge on any atom is 0.563 e. The van der Waals surface area contributed by atoms with Gasteiger partial charge >= 0.3 is 25.3 Å². The van der Waals surface area contributed by atoms with E-state index >= 15 is 0 Å². The lowest BCUT2D eigenvalue weighted by Gasteiger charge is -2.20. The minimum absolute atomic E-state index is 6.98. The van der Waals surface area contributed by atoms with Gasteiger partial charge in [-0.15, -0.1) is 39.5 Å². The predicted molar refractivity (Wildman–Crippen MR) is 26.2 cm³/mol. The van der Waals surface area contributed by atoms with Crippen LogP contribution in [0.1, 0.15) is 0 Å². The van der Waals surface area contributed by atoms with Crippen LogP contribution in [0.15, 0.2) is 0 Å². The number of halogens is 10. The number of hydrogen-bond donors (Lipinski definition) is 0. The minimum Gasteiger partial charge on any atom is -0.132 e. The van der Waals surface area contributed by atoms with E-state index in [1.54, 1.807) is 0 Å². The van der Waals surface area contributed by atoms with Crippen molar-refractivity contribution in [2.24, 2.45) is 0 Å². The molecule has 0 aliphatic carbocycles. The molecule has 0 aromatic carbocycles. The molecule has 0 radical (unpaired) electrons. The lowest BCUT2D eigenvalue weighted by atomic mass is 11.5. The average Bonchev–Trinajstić information content (AvgIpc) is 1.77. The third-order valence-corrected chi connectivity index (χ3v) is 3.14. The van der Waals surface area contributed by atoms with Gasteiger partial charge in [0.25, 0.3) is 0 Å². The second-order valence-corrected chi connectivity index (χ2v) is 4.69. The van der Waals surface area contributed by atoms with Crippen LogP contribution in [0.5, 0.6) is 0 Å². The Bertz CT molecular complexity index is 169. The van der Waals surface area contributed by atoms with Gasteiger partial charge in [0.2, 0.25) is 0 Å². The Balaban J connectivity index is 5.54. The molecule has 0 heterocycles. The van der Waals surface area contributed by atoms with Crippen molar-refractivity contribution < 1.29 is 43.7 Å². The molecule has 0 N–H and O–H groups in total. The third-order valence-electron chi connectivity index (χ3n) is 1.05. The van der Waals surface area contributed by atoms with Gasteiger partial charge in [0.1, 0.15) is 0 Å². The Hall–Kier alpha value is -0.270. The van der Waals surface area contributed by atoms with Gasteiger partial charge in [0.05, 0.1) is 0 Å². The Morgan fingerprint density at radius 3 is 0.643 bits per heavy atom. The minimum atomic E-state index is -8.52. The molecular weight excluding hydrogens is 257 g/mol. The topological polar surface area (TPSA) is 0 Å². The molecule has 14 heavy (non-hydrogen) atoms. The van der Waals surface area contributed by atoms with Gasteiger partial charge in [0.15, 0.2) is 0 Å². The van der Waals surface area contributed by atoms with E-state index in [9.17, 15) is 43.7 Å². The molecule has 0 aromatic heterocycles. The molecule has 0 saturated heterocycles. The van der Waals surface area contributed by atoms with Gasteiger partial charge in [-0.25, -0.2) is 0 Å². The smallest absolute Gasteiger partial charge is 0.132 e. The Morgan fingerprint density at radius 2 is 0.643 bits per heavy atom. The molecule has 0 rings (SSSR count). The third kappa shape index (κ3) is 1.89. The molecule has 0 atom stereocenters. The van der Waals surface area contributed by atoms with E-state index in [1.807, 2.05) is 0 Å². The van der Waals surface area contributed by atoms with Crippen molar-refractivity contribution in [3.8, 4) is 0 Å². The molecular formula is C3F10P+. The zero-order valence-corrected chi connectivity index (χ0v) is 6.62. The normalized spacial score (nSPS) is 15.9. The maximum absolute atomic E-state index is 12.0. The first-order valence-corrected chi connectivity index (χ1v) is 4.22. The van der Waals surface area contributed by atoms with E-state index in [2.05, 4.69) is 0 Å². The van der Waals surface area contributed by atoms with Crippen LogP contribution in [0.4, 0.5) is 43.7 Å². The van der Waals surface area contributed by atoms with Crippen molar-refractivity contribution in [1.29, 1.82) is 0 Å². The van der Waals surface area contributed by atoms with Crippen LogP contribution < -0.4 is 0 Å². The molecule has 0 aliphatic heterocycles. The van der Waals surface area contributed by atoms with Gasteiger partial charge in [0, 0.05) is 0 Å². The van der Waals surface area contributed by atoms with Crippen molar-refractivity contribution in [3.05, 3.63) is 0 Å². The molecule has 0 bridgehead atoms. The largest absolute Gasteiger partial charge is 0.563 e. The molecule has 86 valence electrons. The van der Waals surface area contributed by atoms with Gasteiger partial charge in [-0.1, -0.05) is 0 Å². The lowest BCUT2D eigenvalue weighted by Crippen LogP contribution is -2.34. The van der Waals surface area contributed by atoms with Crippen molar-refractivity contribution in [3.63, 3.8) is 0 Å². The van der Waals surface area contributed by atoms with Crippen LogP contribution in [-0.2, 0) is 0 Å². The fourth-order valence-electron chi connectivity index (χ4n) is 0.431. The van der Waals surface area contributed by atoms with Crippen LogP contribution in [0, 0.1) is 0 Å². The first-order chi connectivity index (χ1) is 5.75.